The molecular weight excluding hydrogens is 394 g/mol. The largest absolute Gasteiger partial charge is 0.369 e. The van der Waals surface area contributed by atoms with Crippen molar-refractivity contribution in [2.75, 3.05) is 36.4 Å². The molecule has 156 valence electrons. The maximum Gasteiger partial charge on any atom is 0.286 e. The van der Waals surface area contributed by atoms with E-state index >= 15 is 0 Å². The van der Waals surface area contributed by atoms with Gasteiger partial charge >= 0.3 is 0 Å². The van der Waals surface area contributed by atoms with Crippen molar-refractivity contribution >= 4 is 28.6 Å². The Hall–Kier alpha value is -2.77. The highest BCUT2D eigenvalue weighted by Crippen LogP contribution is 2.22. The predicted octanol–water partition coefficient (Wildman–Crippen LogP) is 3.98. The molecule has 2 aromatic carbocycles. The molecule has 4 rings (SSSR count). The number of carbonyl (C=O) groups excluding carboxylic acids is 1. The summed E-state index contributed by atoms with van der Waals surface area (Å²) in [7, 11) is 0. The number of carbonyl (C=O) groups is 1. The summed E-state index contributed by atoms with van der Waals surface area (Å²) in [6.45, 7) is 8.93. The van der Waals surface area contributed by atoms with Crippen molar-refractivity contribution in [1.29, 1.82) is 0 Å². The molecule has 1 aliphatic heterocycles. The molecule has 0 spiro atoms. The van der Waals surface area contributed by atoms with Gasteiger partial charge in [-0.3, -0.25) is 9.69 Å². The third kappa shape index (κ3) is 4.86. The number of rotatable bonds is 6. The van der Waals surface area contributed by atoms with Crippen molar-refractivity contribution in [1.82, 2.24) is 15.1 Å². The smallest absolute Gasteiger partial charge is 0.286 e. The van der Waals surface area contributed by atoms with Crippen LogP contribution in [-0.2, 0) is 13.0 Å². The Morgan fingerprint density at radius 1 is 1.03 bits per heavy atom. The van der Waals surface area contributed by atoms with Gasteiger partial charge in [0.25, 0.3) is 5.91 Å². The molecular formula is C23H27N5OS. The summed E-state index contributed by atoms with van der Waals surface area (Å²) >= 11 is 1.37. The highest BCUT2D eigenvalue weighted by Gasteiger charge is 2.20. The monoisotopic (exact) mass is 421 g/mol. The van der Waals surface area contributed by atoms with E-state index in [1.807, 2.05) is 24.3 Å². The van der Waals surface area contributed by atoms with Crippen LogP contribution in [0.3, 0.4) is 0 Å². The Morgan fingerprint density at radius 3 is 2.47 bits per heavy atom. The van der Waals surface area contributed by atoms with Crippen molar-refractivity contribution in [2.45, 2.75) is 26.8 Å². The van der Waals surface area contributed by atoms with Crippen LogP contribution in [0.5, 0.6) is 0 Å². The van der Waals surface area contributed by atoms with E-state index in [2.05, 4.69) is 63.4 Å². The number of hydrogen-bond acceptors (Lipinski definition) is 6. The number of aromatic nitrogens is 2. The van der Waals surface area contributed by atoms with E-state index < -0.39 is 0 Å². The third-order valence-corrected chi connectivity index (χ3v) is 6.38. The molecule has 0 aliphatic carbocycles. The van der Waals surface area contributed by atoms with Gasteiger partial charge in [0.1, 0.15) is 5.01 Å². The number of nitrogens with one attached hydrogen (secondary N) is 1. The van der Waals surface area contributed by atoms with E-state index in [9.17, 15) is 4.79 Å². The Labute approximate surface area is 181 Å². The van der Waals surface area contributed by atoms with Gasteiger partial charge in [-0.2, -0.15) is 0 Å². The summed E-state index contributed by atoms with van der Waals surface area (Å²) < 4.78 is 0. The first-order valence-corrected chi connectivity index (χ1v) is 11.2. The first-order valence-electron chi connectivity index (χ1n) is 10.4. The fourth-order valence-electron chi connectivity index (χ4n) is 3.67. The van der Waals surface area contributed by atoms with E-state index in [1.54, 1.807) is 0 Å². The lowest BCUT2D eigenvalue weighted by Gasteiger charge is -2.36. The number of nitrogens with zero attached hydrogens (tertiary/aromatic N) is 4. The predicted molar refractivity (Wildman–Crippen MR) is 122 cm³/mol. The van der Waals surface area contributed by atoms with Gasteiger partial charge in [0.2, 0.25) is 5.01 Å². The number of piperazine rings is 1. The van der Waals surface area contributed by atoms with Crippen molar-refractivity contribution < 1.29 is 4.79 Å². The van der Waals surface area contributed by atoms with Gasteiger partial charge in [-0.25, -0.2) is 0 Å². The van der Waals surface area contributed by atoms with Crippen molar-refractivity contribution in [3.63, 3.8) is 0 Å². The highest BCUT2D eigenvalue weighted by molar-refractivity contribution is 7.13. The molecule has 1 fully saturated rings. The number of amides is 1. The van der Waals surface area contributed by atoms with Crippen LogP contribution < -0.4 is 10.2 Å². The van der Waals surface area contributed by atoms with E-state index in [1.165, 1.54) is 28.2 Å². The van der Waals surface area contributed by atoms with Crippen molar-refractivity contribution in [3.8, 4) is 0 Å². The summed E-state index contributed by atoms with van der Waals surface area (Å²) in [5.41, 5.74) is 4.66. The van der Waals surface area contributed by atoms with E-state index in [0.29, 0.717) is 5.01 Å². The van der Waals surface area contributed by atoms with Crippen LogP contribution in [0.15, 0.2) is 48.5 Å². The number of anilines is 2. The quantitative estimate of drug-likeness (QED) is 0.652. The molecule has 30 heavy (non-hydrogen) atoms. The highest BCUT2D eigenvalue weighted by atomic mass is 32.1. The molecule has 0 atom stereocenters. The molecule has 1 aliphatic rings. The summed E-state index contributed by atoms with van der Waals surface area (Å²) in [5, 5.41) is 12.5. The standard InChI is InChI=1S/C23H27N5OS/c1-3-18-8-10-19(11-9-18)24-22(29)23-26-25-21(30-23)16-27-12-14-28(15-13-27)20-7-5-4-6-17(20)2/h4-11H,3,12-16H2,1-2H3,(H,24,29). The molecule has 1 N–H and O–H groups in total. The first-order chi connectivity index (χ1) is 14.6. The topological polar surface area (TPSA) is 61.4 Å². The Bertz CT molecular complexity index is 993. The van der Waals surface area contributed by atoms with Crippen LogP contribution >= 0.6 is 11.3 Å². The molecule has 1 amide bonds. The Morgan fingerprint density at radius 2 is 1.77 bits per heavy atom. The molecule has 3 aromatic rings. The molecule has 2 heterocycles. The average Bonchev–Trinajstić information content (AvgIpc) is 3.24. The van der Waals surface area contributed by atoms with Gasteiger partial charge in [-0.1, -0.05) is 48.6 Å². The van der Waals surface area contributed by atoms with E-state index in [0.717, 1.165) is 49.8 Å². The molecule has 1 saturated heterocycles. The second kappa shape index (κ2) is 9.36. The fourth-order valence-corrected chi connectivity index (χ4v) is 4.45. The summed E-state index contributed by atoms with van der Waals surface area (Å²) in [6, 6.07) is 16.4. The maximum atomic E-state index is 12.5. The van der Waals surface area contributed by atoms with Gasteiger partial charge in [-0.15, -0.1) is 10.2 Å². The summed E-state index contributed by atoms with van der Waals surface area (Å²) in [5.74, 6) is -0.202. The maximum absolute atomic E-state index is 12.5. The van der Waals surface area contributed by atoms with Crippen LogP contribution in [0.4, 0.5) is 11.4 Å². The van der Waals surface area contributed by atoms with Crippen LogP contribution in [0.25, 0.3) is 0 Å². The molecule has 0 saturated carbocycles. The van der Waals surface area contributed by atoms with Crippen LogP contribution in [0, 0.1) is 6.92 Å². The number of benzene rings is 2. The van der Waals surface area contributed by atoms with Gasteiger partial charge in [-0.05, 0) is 42.7 Å². The Balaban J connectivity index is 1.30. The zero-order valence-electron chi connectivity index (χ0n) is 17.5. The lowest BCUT2D eigenvalue weighted by Crippen LogP contribution is -2.46. The molecule has 0 bridgehead atoms. The minimum Gasteiger partial charge on any atom is -0.369 e. The van der Waals surface area contributed by atoms with Crippen LogP contribution in [-0.4, -0.2) is 47.2 Å². The molecule has 1 aromatic heterocycles. The lowest BCUT2D eigenvalue weighted by atomic mass is 10.1. The number of aryl methyl sites for hydroxylation is 2. The fraction of sp³-hybridized carbons (Fsp3) is 0.348. The zero-order valence-corrected chi connectivity index (χ0v) is 18.3. The minimum atomic E-state index is -0.202. The normalized spacial score (nSPS) is 14.7. The molecule has 0 unspecified atom stereocenters. The first kappa shape index (κ1) is 20.5. The van der Waals surface area contributed by atoms with Gasteiger partial charge in [0.15, 0.2) is 0 Å². The van der Waals surface area contributed by atoms with Gasteiger partial charge in [0, 0.05) is 37.6 Å². The minimum absolute atomic E-state index is 0.202. The van der Waals surface area contributed by atoms with Gasteiger partial charge in [0.05, 0.1) is 6.54 Å². The number of hydrogen-bond donors (Lipinski definition) is 1. The summed E-state index contributed by atoms with van der Waals surface area (Å²) in [4.78, 5) is 17.3. The zero-order chi connectivity index (χ0) is 20.9. The SMILES string of the molecule is CCc1ccc(NC(=O)c2nnc(CN3CCN(c4ccccc4C)CC3)s2)cc1. The number of para-hydroxylation sites is 1. The summed E-state index contributed by atoms with van der Waals surface area (Å²) in [6.07, 6.45) is 0.979. The molecule has 0 radical (unpaired) electrons. The molecule has 6 nitrogen and oxygen atoms in total. The lowest BCUT2D eigenvalue weighted by molar-refractivity contribution is 0.102. The Kier molecular flexibility index (Phi) is 6.40. The second-order valence-electron chi connectivity index (χ2n) is 7.56. The third-order valence-electron chi connectivity index (χ3n) is 5.47. The van der Waals surface area contributed by atoms with Crippen molar-refractivity contribution in [2.24, 2.45) is 0 Å². The van der Waals surface area contributed by atoms with Crippen LogP contribution in [0.2, 0.25) is 0 Å². The van der Waals surface area contributed by atoms with E-state index in [-0.39, 0.29) is 5.91 Å². The van der Waals surface area contributed by atoms with Crippen LogP contribution in [0.1, 0.15) is 32.9 Å². The molecule has 7 heteroatoms. The van der Waals surface area contributed by atoms with E-state index in [4.69, 9.17) is 0 Å². The second-order valence-corrected chi connectivity index (χ2v) is 8.62. The average molecular weight is 422 g/mol. The van der Waals surface area contributed by atoms with Crippen molar-refractivity contribution in [3.05, 3.63) is 69.7 Å². The van der Waals surface area contributed by atoms with Gasteiger partial charge < -0.3 is 10.2 Å².